The topological polar surface area (TPSA) is 57.7 Å². The first-order valence-electron chi connectivity index (χ1n) is 8.36. The Bertz CT molecular complexity index is 938. The number of benzene rings is 1. The van der Waals surface area contributed by atoms with Crippen LogP contribution in [0.25, 0.3) is 0 Å². The Morgan fingerprint density at radius 3 is 2.73 bits per heavy atom. The number of carbonyl (C=O) groups is 1. The lowest BCUT2D eigenvalue weighted by Gasteiger charge is -2.35. The SMILES string of the molecule is CCC1c2ccsc2CCN1C(=O)c1cc(S(=O)(=O)N(C)C)ccc1Cl. The number of amides is 1. The fraction of sp³-hybridized carbons (Fsp3) is 0.389. The Balaban J connectivity index is 2.00. The number of rotatable bonds is 4. The number of sulfonamides is 1. The van der Waals surface area contributed by atoms with Gasteiger partial charge in [0.05, 0.1) is 21.5 Å². The summed E-state index contributed by atoms with van der Waals surface area (Å²) in [5.74, 6) is -0.227. The highest BCUT2D eigenvalue weighted by Gasteiger charge is 2.32. The van der Waals surface area contributed by atoms with Gasteiger partial charge in [-0.2, -0.15) is 0 Å². The molecule has 1 amide bonds. The molecule has 0 bridgehead atoms. The van der Waals surface area contributed by atoms with Crippen molar-refractivity contribution in [3.63, 3.8) is 0 Å². The summed E-state index contributed by atoms with van der Waals surface area (Å²) in [5, 5.41) is 2.32. The first-order chi connectivity index (χ1) is 12.3. The molecule has 3 rings (SSSR count). The molecule has 2 heterocycles. The summed E-state index contributed by atoms with van der Waals surface area (Å²) in [6, 6.07) is 6.35. The second-order valence-electron chi connectivity index (χ2n) is 6.40. The van der Waals surface area contributed by atoms with Crippen molar-refractivity contribution in [3.05, 3.63) is 50.7 Å². The van der Waals surface area contributed by atoms with Crippen LogP contribution in [0, 0.1) is 0 Å². The van der Waals surface area contributed by atoms with E-state index in [9.17, 15) is 13.2 Å². The van der Waals surface area contributed by atoms with Crippen molar-refractivity contribution in [3.8, 4) is 0 Å². The van der Waals surface area contributed by atoms with Gasteiger partial charge in [0.2, 0.25) is 10.0 Å². The summed E-state index contributed by atoms with van der Waals surface area (Å²) in [6.45, 7) is 2.65. The molecule has 2 aromatic rings. The van der Waals surface area contributed by atoms with Crippen molar-refractivity contribution >= 4 is 38.9 Å². The standard InChI is InChI=1S/C18H21ClN2O3S2/c1-4-16-13-8-10-25-17(13)7-9-21(16)18(22)14-11-12(5-6-15(14)19)26(23,24)20(2)3/h5-6,8,10-11,16H,4,7,9H2,1-3H3. The van der Waals surface area contributed by atoms with E-state index in [1.165, 1.54) is 42.7 Å². The van der Waals surface area contributed by atoms with Crippen molar-refractivity contribution in [2.24, 2.45) is 0 Å². The highest BCUT2D eigenvalue weighted by molar-refractivity contribution is 7.89. The summed E-state index contributed by atoms with van der Waals surface area (Å²) in [7, 11) is -0.714. The van der Waals surface area contributed by atoms with Crippen molar-refractivity contribution in [1.29, 1.82) is 0 Å². The smallest absolute Gasteiger partial charge is 0.255 e. The predicted octanol–water partition coefficient (Wildman–Crippen LogP) is 3.80. The zero-order valence-electron chi connectivity index (χ0n) is 14.9. The van der Waals surface area contributed by atoms with Crippen LogP contribution in [0.1, 0.15) is 40.2 Å². The minimum Gasteiger partial charge on any atom is -0.331 e. The number of fused-ring (bicyclic) bond motifs is 1. The van der Waals surface area contributed by atoms with Crippen LogP contribution < -0.4 is 0 Å². The molecular weight excluding hydrogens is 392 g/mol. The maximum absolute atomic E-state index is 13.2. The van der Waals surface area contributed by atoms with E-state index < -0.39 is 10.0 Å². The van der Waals surface area contributed by atoms with E-state index in [0.29, 0.717) is 6.54 Å². The summed E-state index contributed by atoms with van der Waals surface area (Å²) in [5.41, 5.74) is 1.41. The molecule has 0 saturated carbocycles. The summed E-state index contributed by atoms with van der Waals surface area (Å²) in [6.07, 6.45) is 1.60. The first kappa shape index (κ1) is 19.4. The summed E-state index contributed by atoms with van der Waals surface area (Å²) < 4.78 is 25.9. The van der Waals surface area contributed by atoms with Gasteiger partial charge in [-0.1, -0.05) is 18.5 Å². The van der Waals surface area contributed by atoms with E-state index in [1.54, 1.807) is 11.3 Å². The molecule has 8 heteroatoms. The molecule has 140 valence electrons. The Morgan fingerprint density at radius 1 is 1.35 bits per heavy atom. The highest BCUT2D eigenvalue weighted by atomic mass is 35.5. The van der Waals surface area contributed by atoms with E-state index in [1.807, 2.05) is 11.8 Å². The van der Waals surface area contributed by atoms with Gasteiger partial charge in [-0.3, -0.25) is 4.79 Å². The monoisotopic (exact) mass is 412 g/mol. The molecular formula is C18H21ClN2O3S2. The number of carbonyl (C=O) groups excluding carboxylic acids is 1. The van der Waals surface area contributed by atoms with Gasteiger partial charge in [0.1, 0.15) is 0 Å². The Morgan fingerprint density at radius 2 is 2.08 bits per heavy atom. The third-order valence-corrected chi connectivity index (χ3v) is 7.83. The Hall–Kier alpha value is -1.41. The van der Waals surface area contributed by atoms with E-state index in [2.05, 4.69) is 11.4 Å². The molecule has 1 aliphatic rings. The highest BCUT2D eigenvalue weighted by Crippen LogP contribution is 2.37. The summed E-state index contributed by atoms with van der Waals surface area (Å²) >= 11 is 7.97. The molecule has 1 aliphatic heterocycles. The molecule has 1 aromatic heterocycles. The molecule has 26 heavy (non-hydrogen) atoms. The third kappa shape index (κ3) is 3.29. The number of hydrogen-bond acceptors (Lipinski definition) is 4. The normalized spacial score (nSPS) is 17.4. The van der Waals surface area contributed by atoms with Crippen molar-refractivity contribution in [1.82, 2.24) is 9.21 Å². The van der Waals surface area contributed by atoms with Gasteiger partial charge in [0.25, 0.3) is 5.91 Å². The quantitative estimate of drug-likeness (QED) is 0.767. The third-order valence-electron chi connectivity index (χ3n) is 4.69. The maximum atomic E-state index is 13.2. The van der Waals surface area contributed by atoms with Gasteiger partial charge < -0.3 is 4.90 Å². The molecule has 1 atom stereocenters. The fourth-order valence-electron chi connectivity index (χ4n) is 3.27. The first-order valence-corrected chi connectivity index (χ1v) is 11.1. The summed E-state index contributed by atoms with van der Waals surface area (Å²) in [4.78, 5) is 16.4. The Kier molecular flexibility index (Phi) is 5.44. The zero-order valence-corrected chi connectivity index (χ0v) is 17.3. The van der Waals surface area contributed by atoms with E-state index >= 15 is 0 Å². The number of halogens is 1. The second kappa shape index (κ2) is 7.31. The van der Waals surface area contributed by atoms with Crippen LogP contribution in [0.5, 0.6) is 0 Å². The van der Waals surface area contributed by atoms with E-state index in [4.69, 9.17) is 11.6 Å². The molecule has 0 radical (unpaired) electrons. The van der Waals surface area contributed by atoms with Crippen LogP contribution in [0.4, 0.5) is 0 Å². The van der Waals surface area contributed by atoms with Gasteiger partial charge in [-0.05, 0) is 48.1 Å². The predicted molar refractivity (Wildman–Crippen MR) is 104 cm³/mol. The van der Waals surface area contributed by atoms with Crippen LogP contribution >= 0.6 is 22.9 Å². The zero-order chi connectivity index (χ0) is 19.1. The van der Waals surface area contributed by atoms with Gasteiger partial charge in [0, 0.05) is 25.5 Å². The maximum Gasteiger partial charge on any atom is 0.255 e. The fourth-order valence-corrected chi connectivity index (χ4v) is 5.33. The van der Waals surface area contributed by atoms with Crippen LogP contribution in [-0.2, 0) is 16.4 Å². The average molecular weight is 413 g/mol. The minimum atomic E-state index is -3.63. The molecule has 0 fully saturated rings. The van der Waals surface area contributed by atoms with Gasteiger partial charge >= 0.3 is 0 Å². The number of hydrogen-bond donors (Lipinski definition) is 0. The molecule has 1 aromatic carbocycles. The van der Waals surface area contributed by atoms with E-state index in [0.717, 1.165) is 17.1 Å². The van der Waals surface area contributed by atoms with E-state index in [-0.39, 0.29) is 27.4 Å². The van der Waals surface area contributed by atoms with Crippen molar-refractivity contribution in [2.75, 3.05) is 20.6 Å². The van der Waals surface area contributed by atoms with Crippen LogP contribution in [0.15, 0.2) is 34.5 Å². The molecule has 0 N–H and O–H groups in total. The van der Waals surface area contributed by atoms with Crippen molar-refractivity contribution in [2.45, 2.75) is 30.7 Å². The lowest BCUT2D eigenvalue weighted by molar-refractivity contribution is 0.0657. The lowest BCUT2D eigenvalue weighted by atomic mass is 9.97. The van der Waals surface area contributed by atoms with Crippen LogP contribution in [0.3, 0.4) is 0 Å². The second-order valence-corrected chi connectivity index (χ2v) is 9.96. The Labute approximate surface area is 163 Å². The minimum absolute atomic E-state index is 0.0114. The molecule has 5 nitrogen and oxygen atoms in total. The van der Waals surface area contributed by atoms with Crippen molar-refractivity contribution < 1.29 is 13.2 Å². The number of thiophene rings is 1. The number of nitrogens with zero attached hydrogens (tertiary/aromatic N) is 2. The van der Waals surface area contributed by atoms with Gasteiger partial charge in [0.15, 0.2) is 0 Å². The molecule has 0 aliphatic carbocycles. The van der Waals surface area contributed by atoms with Crippen LogP contribution in [0.2, 0.25) is 5.02 Å². The lowest BCUT2D eigenvalue weighted by Crippen LogP contribution is -2.39. The largest absolute Gasteiger partial charge is 0.331 e. The van der Waals surface area contributed by atoms with Gasteiger partial charge in [-0.15, -0.1) is 11.3 Å². The van der Waals surface area contributed by atoms with Gasteiger partial charge in [-0.25, -0.2) is 12.7 Å². The average Bonchev–Trinajstić information content (AvgIpc) is 3.09. The molecule has 0 spiro atoms. The van der Waals surface area contributed by atoms with Crippen LogP contribution in [-0.4, -0.2) is 44.2 Å². The molecule has 1 unspecified atom stereocenters. The molecule has 0 saturated heterocycles.